The number of rotatable bonds is 0. The molecule has 0 atom stereocenters. The lowest BCUT2D eigenvalue weighted by molar-refractivity contribution is 5.75. The number of hydrogen-bond acceptors (Lipinski definition) is 0. The fourth-order valence-electron chi connectivity index (χ4n) is 0. The van der Waals surface area contributed by atoms with E-state index in [9.17, 15) is 0 Å². The van der Waals surface area contributed by atoms with E-state index >= 15 is 0 Å². The Kier molecular flexibility index (Phi) is 23000. The van der Waals surface area contributed by atoms with Gasteiger partial charge in [-0.15, -0.1) is 0 Å². The van der Waals surface area contributed by atoms with Crippen LogP contribution < -0.4 is 0 Å². The van der Waals surface area contributed by atoms with Crippen LogP contribution in [0.5, 0.6) is 0 Å². The van der Waals surface area contributed by atoms with Crippen molar-refractivity contribution < 1.29 is 0 Å². The Labute approximate surface area is 45.4 Å². The molecular formula is H4B4Si. The van der Waals surface area contributed by atoms with Crippen LogP contribution in [0.25, 0.3) is 0 Å². The summed E-state index contributed by atoms with van der Waals surface area (Å²) >= 11 is 0. The molecule has 0 rings (SSSR count). The Morgan fingerprint density at radius 2 is 0.400 bits per heavy atom. The Balaban J connectivity index is 0. The predicted molar refractivity (Wildman–Crippen MR) is 34.4 cm³/mol. The van der Waals surface area contributed by atoms with Crippen LogP contribution >= 0.6 is 0 Å². The Hall–Kier alpha value is 0.477. The van der Waals surface area contributed by atoms with Crippen LogP contribution in [0.2, 0.25) is 0 Å². The van der Waals surface area contributed by atoms with Crippen molar-refractivity contribution in [2.24, 2.45) is 0 Å². The topological polar surface area (TPSA) is 0 Å². The van der Waals surface area contributed by atoms with Crippen molar-refractivity contribution in [1.29, 1.82) is 0 Å². The molecule has 0 nitrogen and oxygen atoms in total. The van der Waals surface area contributed by atoms with Crippen LogP contribution in [0.15, 0.2) is 0 Å². The van der Waals surface area contributed by atoms with Gasteiger partial charge >= 0.3 is 0 Å². The molecule has 0 aliphatic carbocycles. The molecule has 0 aliphatic heterocycles. The van der Waals surface area contributed by atoms with Crippen molar-refractivity contribution in [3.8, 4) is 0 Å². The zero-order valence-electron chi connectivity index (χ0n) is 2.31. The molecule has 0 saturated heterocycles. The van der Waals surface area contributed by atoms with Gasteiger partial charge in [-0.1, -0.05) is 0 Å². The monoisotopic (exact) mass is 76.0 g/mol. The van der Waals surface area contributed by atoms with E-state index in [0.717, 1.165) is 0 Å². The summed E-state index contributed by atoms with van der Waals surface area (Å²) in [5, 5.41) is 0. The summed E-state index contributed by atoms with van der Waals surface area (Å²) in [6.45, 7) is 0. The van der Waals surface area contributed by atoms with Gasteiger partial charge in [0.25, 0.3) is 0 Å². The minimum atomic E-state index is 0. The second kappa shape index (κ2) is 238. The third-order valence-corrected chi connectivity index (χ3v) is 0. The molecule has 0 fully saturated rings. The molecule has 0 unspecified atom stereocenters. The maximum absolute atomic E-state index is 0. The molecule has 5 heteroatoms. The van der Waals surface area contributed by atoms with Crippen molar-refractivity contribution in [1.82, 2.24) is 0 Å². The summed E-state index contributed by atoms with van der Waals surface area (Å²) in [6, 6.07) is 0. The lowest BCUT2D eigenvalue weighted by Gasteiger charge is -0.0151. The first-order valence-electron chi connectivity index (χ1n) is 0. The molecule has 12 radical (unpaired) electrons. The second-order valence-corrected chi connectivity index (χ2v) is 0. The Bertz CT molecular complexity index is 3.61. The maximum Gasteiger partial charge on any atom is 0 e. The van der Waals surface area contributed by atoms with E-state index in [0.29, 0.717) is 0 Å². The third kappa shape index (κ3) is 121. The first kappa shape index (κ1) is 483. The molecule has 0 aromatic rings. The van der Waals surface area contributed by atoms with E-state index in [1.807, 2.05) is 0 Å². The van der Waals surface area contributed by atoms with E-state index in [4.69, 9.17) is 0 Å². The van der Waals surface area contributed by atoms with Gasteiger partial charge in [-0.3, -0.25) is 0 Å². The highest BCUT2D eigenvalue weighted by Crippen LogP contribution is -0.377. The quantitative estimate of drug-likeness (QED) is 0.270. The molecule has 0 aromatic carbocycles. The van der Waals surface area contributed by atoms with Crippen LogP contribution in [0.3, 0.4) is 0 Å². The van der Waals surface area contributed by atoms with Crippen LogP contribution in [-0.2, 0) is 0 Å². The zero-order valence-corrected chi connectivity index (χ0v) is 2.31. The van der Waals surface area contributed by atoms with Crippen molar-refractivity contribution in [3.63, 3.8) is 0 Å². The summed E-state index contributed by atoms with van der Waals surface area (Å²) in [4.78, 5) is 0. The van der Waals surface area contributed by atoms with Gasteiger partial charge in [-0.05, 0) is 11.0 Å². The second-order valence-electron chi connectivity index (χ2n) is 0. The molecule has 0 bridgehead atoms. The highest BCUT2D eigenvalue weighted by Gasteiger charge is 0.00322. The molecule has 0 aromatic heterocycles. The van der Waals surface area contributed by atoms with Gasteiger partial charge in [-0.2, -0.15) is 0 Å². The maximum atomic E-state index is 0. The molecule has 0 spiro atoms. The van der Waals surface area contributed by atoms with Crippen molar-refractivity contribution in [2.75, 3.05) is 0 Å². The van der Waals surface area contributed by atoms with E-state index < -0.39 is 0 Å². The van der Waals surface area contributed by atoms with Gasteiger partial charge in [-0.25, -0.2) is 0 Å². The lowest BCUT2D eigenvalue weighted by atomic mass is 10.8. The van der Waals surface area contributed by atoms with Gasteiger partial charge in [0.2, 0.25) is 0 Å². The van der Waals surface area contributed by atoms with Crippen LogP contribution in [0.1, 0.15) is 0 Å². The van der Waals surface area contributed by atoms with E-state index in [-0.39, 0.29) is 44.6 Å². The largest absolute Gasteiger partial charge is 0.0149 e. The van der Waals surface area contributed by atoms with Gasteiger partial charge in [0.1, 0.15) is 0 Å². The average molecular weight is 75.4 g/mol. The highest BCUT2D eigenvalue weighted by molar-refractivity contribution is 5.76. The van der Waals surface area contributed by atoms with Gasteiger partial charge in [0.05, 0.1) is 0 Å². The fraction of sp³-hybridized carbons (Fsp3) is 0. The van der Waals surface area contributed by atoms with Gasteiger partial charge < -0.3 is 0 Å². The minimum Gasteiger partial charge on any atom is -0.0149 e. The smallest absolute Gasteiger partial charge is 0 e. The van der Waals surface area contributed by atoms with E-state index in [1.54, 1.807) is 0 Å². The first-order chi connectivity index (χ1) is 0. The van der Waals surface area contributed by atoms with Crippen molar-refractivity contribution in [2.45, 2.75) is 0 Å². The SMILES string of the molecule is [B].[B].[B].[B].[SiH4]. The predicted octanol–water partition coefficient (Wildman–Crippen LogP) is -2.97. The summed E-state index contributed by atoms with van der Waals surface area (Å²) in [6.07, 6.45) is 0. The molecular weight excluding hydrogens is 71.3 g/mol. The molecule has 20 valence electrons. The molecule has 0 amide bonds. The van der Waals surface area contributed by atoms with Gasteiger partial charge in [0, 0.05) is 33.7 Å². The summed E-state index contributed by atoms with van der Waals surface area (Å²) < 4.78 is 0. The molecule has 0 saturated carbocycles. The summed E-state index contributed by atoms with van der Waals surface area (Å²) in [7, 11) is 0. The highest BCUT2D eigenvalue weighted by atomic mass is 28.1. The fourth-order valence-corrected chi connectivity index (χ4v) is 0. The van der Waals surface area contributed by atoms with Crippen LogP contribution in [0, 0.1) is 0 Å². The van der Waals surface area contributed by atoms with E-state index in [2.05, 4.69) is 0 Å². The van der Waals surface area contributed by atoms with Crippen molar-refractivity contribution in [3.05, 3.63) is 0 Å². The van der Waals surface area contributed by atoms with Crippen molar-refractivity contribution >= 4 is 44.6 Å². The molecule has 0 heterocycles. The summed E-state index contributed by atoms with van der Waals surface area (Å²) in [5.74, 6) is 0. The van der Waals surface area contributed by atoms with Crippen LogP contribution in [0.4, 0.5) is 0 Å². The van der Waals surface area contributed by atoms with Crippen LogP contribution in [-0.4, -0.2) is 44.6 Å². The Morgan fingerprint density at radius 3 is 0.400 bits per heavy atom. The standard InChI is InChI=1S/4B.H4Si/h;;;;1H4. The Morgan fingerprint density at radius 1 is 0.400 bits per heavy atom. The van der Waals surface area contributed by atoms with Gasteiger partial charge in [0.15, 0.2) is 0 Å². The third-order valence-electron chi connectivity index (χ3n) is 0. The first-order valence-corrected chi connectivity index (χ1v) is 0. The zero-order chi connectivity index (χ0) is 0. The molecule has 0 N–H and O–H groups in total. The summed E-state index contributed by atoms with van der Waals surface area (Å²) in [5.41, 5.74) is 0. The number of hydrogen-bond donors (Lipinski definition) is 0. The average Bonchev–Trinajstić information content (AvgIpc) is 0. The normalized spacial score (nSPS) is 0. The molecule has 0 aliphatic rings. The lowest BCUT2D eigenvalue weighted by Crippen LogP contribution is -0.382. The van der Waals surface area contributed by atoms with E-state index in [1.165, 1.54) is 0 Å². The minimum absolute atomic E-state index is 0. The molecule has 5 heavy (non-hydrogen) atoms.